The molecule has 1 heterocycles. The lowest BCUT2D eigenvalue weighted by atomic mass is 9.90. The molecule has 4 nitrogen and oxygen atoms in total. The Hall–Kier alpha value is -1.94. The van der Waals surface area contributed by atoms with E-state index in [-0.39, 0.29) is 11.7 Å². The van der Waals surface area contributed by atoms with E-state index in [1.807, 2.05) is 18.2 Å². The van der Waals surface area contributed by atoms with Gasteiger partial charge in [-0.2, -0.15) is 5.10 Å². The minimum atomic E-state index is -0.108. The number of ether oxygens (including phenoxy) is 1. The van der Waals surface area contributed by atoms with Crippen molar-refractivity contribution >= 4 is 0 Å². The summed E-state index contributed by atoms with van der Waals surface area (Å²) in [6, 6.07) is 12.0. The molecule has 0 saturated carbocycles. The van der Waals surface area contributed by atoms with Gasteiger partial charge in [-0.15, -0.1) is 0 Å². The molecule has 0 spiro atoms. The highest BCUT2D eigenvalue weighted by molar-refractivity contribution is 5.18. The minimum absolute atomic E-state index is 0.108. The van der Waals surface area contributed by atoms with E-state index in [1.54, 1.807) is 6.07 Å². The Kier molecular flexibility index (Phi) is 9.26. The highest BCUT2D eigenvalue weighted by atomic mass is 16.5. The van der Waals surface area contributed by atoms with Gasteiger partial charge in [-0.05, 0) is 49.7 Å². The maximum Gasteiger partial charge on any atom is 0.264 e. The summed E-state index contributed by atoms with van der Waals surface area (Å²) in [5.74, 6) is 0.396. The second-order valence-electron chi connectivity index (χ2n) is 7.42. The average molecular weight is 371 g/mol. The Morgan fingerprint density at radius 3 is 2.56 bits per heavy atom. The molecule has 2 rings (SSSR count). The first-order valence-corrected chi connectivity index (χ1v) is 10.4. The molecular formula is C23H34N2O2. The summed E-state index contributed by atoms with van der Waals surface area (Å²) < 4.78 is 6.20. The van der Waals surface area contributed by atoms with E-state index < -0.39 is 0 Å². The Balaban J connectivity index is 2.07. The monoisotopic (exact) mass is 370 g/mol. The van der Waals surface area contributed by atoms with Crippen molar-refractivity contribution in [3.63, 3.8) is 0 Å². The van der Waals surface area contributed by atoms with Crippen LogP contribution in [0.3, 0.4) is 0 Å². The van der Waals surface area contributed by atoms with Gasteiger partial charge in [0.1, 0.15) is 0 Å². The van der Waals surface area contributed by atoms with Gasteiger partial charge in [-0.1, -0.05) is 63.4 Å². The van der Waals surface area contributed by atoms with Gasteiger partial charge in [0.2, 0.25) is 0 Å². The first-order valence-electron chi connectivity index (χ1n) is 10.4. The van der Waals surface area contributed by atoms with E-state index in [0.717, 1.165) is 43.4 Å². The van der Waals surface area contributed by atoms with Crippen LogP contribution in [0.4, 0.5) is 0 Å². The van der Waals surface area contributed by atoms with Crippen LogP contribution in [0.25, 0.3) is 0 Å². The number of H-pyrrole nitrogens is 1. The Bertz CT molecular complexity index is 712. The molecule has 2 unspecified atom stereocenters. The fourth-order valence-corrected chi connectivity index (χ4v) is 3.38. The van der Waals surface area contributed by atoms with Gasteiger partial charge >= 0.3 is 0 Å². The van der Waals surface area contributed by atoms with Gasteiger partial charge < -0.3 is 4.74 Å². The predicted octanol–water partition coefficient (Wildman–Crippen LogP) is 5.07. The lowest BCUT2D eigenvalue weighted by Crippen LogP contribution is -2.25. The summed E-state index contributed by atoms with van der Waals surface area (Å²) in [7, 11) is 0. The second-order valence-corrected chi connectivity index (χ2v) is 7.42. The summed E-state index contributed by atoms with van der Waals surface area (Å²) in [6.07, 6.45) is 7.57. The summed E-state index contributed by atoms with van der Waals surface area (Å²) in [5, 5.41) is 7.02. The summed E-state index contributed by atoms with van der Waals surface area (Å²) in [4.78, 5) is 11.7. The molecule has 1 N–H and O–H groups in total. The second kappa shape index (κ2) is 11.7. The maximum absolute atomic E-state index is 11.7. The van der Waals surface area contributed by atoms with Crippen LogP contribution in [0.1, 0.15) is 69.7 Å². The van der Waals surface area contributed by atoms with E-state index in [1.165, 1.54) is 18.4 Å². The average Bonchev–Trinajstić information content (AvgIpc) is 2.69. The van der Waals surface area contributed by atoms with Crippen LogP contribution >= 0.6 is 0 Å². The van der Waals surface area contributed by atoms with Crippen LogP contribution in [-0.2, 0) is 24.2 Å². The smallest absolute Gasteiger partial charge is 0.264 e. The molecule has 0 saturated heterocycles. The molecule has 0 amide bonds. The molecule has 1 aromatic carbocycles. The standard InChI is InChI=1S/C23H34N2O2/c1-4-6-13-20(18(3)27-17-19-11-9-8-10-12-19)15-22-21(14-7-5-2)16-23(26)25-24-22/h8-12,16,18,20H,4-7,13-15,17H2,1-3H3,(H,25,26). The number of benzene rings is 1. The zero-order valence-corrected chi connectivity index (χ0v) is 17.0. The minimum Gasteiger partial charge on any atom is -0.374 e. The molecule has 148 valence electrons. The van der Waals surface area contributed by atoms with Crippen LogP contribution in [0.2, 0.25) is 0 Å². The van der Waals surface area contributed by atoms with Crippen LogP contribution < -0.4 is 5.56 Å². The summed E-state index contributed by atoms with van der Waals surface area (Å²) >= 11 is 0. The lowest BCUT2D eigenvalue weighted by molar-refractivity contribution is 0.00965. The Labute approximate surface area is 163 Å². The van der Waals surface area contributed by atoms with E-state index in [4.69, 9.17) is 4.74 Å². The van der Waals surface area contributed by atoms with E-state index in [2.05, 4.69) is 43.1 Å². The van der Waals surface area contributed by atoms with Crippen molar-refractivity contribution in [3.8, 4) is 0 Å². The zero-order valence-electron chi connectivity index (χ0n) is 17.0. The molecule has 2 aromatic rings. The number of rotatable bonds is 12. The lowest BCUT2D eigenvalue weighted by Gasteiger charge is -2.25. The van der Waals surface area contributed by atoms with Crippen molar-refractivity contribution in [1.29, 1.82) is 0 Å². The largest absolute Gasteiger partial charge is 0.374 e. The molecule has 0 aliphatic heterocycles. The van der Waals surface area contributed by atoms with Crippen LogP contribution in [0.5, 0.6) is 0 Å². The predicted molar refractivity (Wildman–Crippen MR) is 111 cm³/mol. The van der Waals surface area contributed by atoms with Crippen molar-refractivity contribution in [2.75, 3.05) is 0 Å². The number of hydrogen-bond acceptors (Lipinski definition) is 3. The number of nitrogens with zero attached hydrogens (tertiary/aromatic N) is 1. The van der Waals surface area contributed by atoms with Gasteiger partial charge in [-0.25, -0.2) is 5.10 Å². The number of aromatic amines is 1. The number of aryl methyl sites for hydroxylation is 1. The molecule has 0 bridgehead atoms. The van der Waals surface area contributed by atoms with Crippen molar-refractivity contribution in [3.05, 3.63) is 63.6 Å². The molecule has 4 heteroatoms. The number of unbranched alkanes of at least 4 members (excludes halogenated alkanes) is 2. The van der Waals surface area contributed by atoms with E-state index >= 15 is 0 Å². The van der Waals surface area contributed by atoms with Crippen molar-refractivity contribution in [1.82, 2.24) is 10.2 Å². The molecule has 27 heavy (non-hydrogen) atoms. The highest BCUT2D eigenvalue weighted by Crippen LogP contribution is 2.23. The quantitative estimate of drug-likeness (QED) is 0.568. The molecule has 0 fully saturated rings. The van der Waals surface area contributed by atoms with Crippen molar-refractivity contribution in [2.45, 2.75) is 78.4 Å². The van der Waals surface area contributed by atoms with Crippen LogP contribution in [0.15, 0.2) is 41.2 Å². The maximum atomic E-state index is 11.7. The highest BCUT2D eigenvalue weighted by Gasteiger charge is 2.21. The third-order valence-electron chi connectivity index (χ3n) is 5.18. The molecule has 1 aromatic heterocycles. The van der Waals surface area contributed by atoms with Gasteiger partial charge in [0.25, 0.3) is 5.56 Å². The SMILES string of the molecule is CCCCc1cc(=O)[nH]nc1CC(CCCC)C(C)OCc1ccccc1. The van der Waals surface area contributed by atoms with Gasteiger partial charge in [0.05, 0.1) is 18.4 Å². The fourth-order valence-electron chi connectivity index (χ4n) is 3.38. The van der Waals surface area contributed by atoms with Gasteiger partial charge in [0.15, 0.2) is 0 Å². The Morgan fingerprint density at radius 2 is 1.85 bits per heavy atom. The van der Waals surface area contributed by atoms with E-state index in [0.29, 0.717) is 12.5 Å². The molecular weight excluding hydrogens is 336 g/mol. The first-order chi connectivity index (χ1) is 13.1. The normalized spacial score (nSPS) is 13.4. The zero-order chi connectivity index (χ0) is 19.5. The van der Waals surface area contributed by atoms with Crippen LogP contribution in [0, 0.1) is 5.92 Å². The van der Waals surface area contributed by atoms with Gasteiger partial charge in [-0.3, -0.25) is 4.79 Å². The summed E-state index contributed by atoms with van der Waals surface area (Å²) in [5.41, 5.74) is 3.21. The number of aromatic nitrogens is 2. The molecule has 0 aliphatic rings. The van der Waals surface area contributed by atoms with E-state index in [9.17, 15) is 4.79 Å². The van der Waals surface area contributed by atoms with Gasteiger partial charge in [0, 0.05) is 6.07 Å². The number of nitrogens with one attached hydrogen (secondary N) is 1. The fraction of sp³-hybridized carbons (Fsp3) is 0.565. The number of hydrogen-bond donors (Lipinski definition) is 1. The molecule has 2 atom stereocenters. The topological polar surface area (TPSA) is 55.0 Å². The Morgan fingerprint density at radius 1 is 1.11 bits per heavy atom. The summed E-state index contributed by atoms with van der Waals surface area (Å²) in [6.45, 7) is 7.19. The third-order valence-corrected chi connectivity index (χ3v) is 5.18. The van der Waals surface area contributed by atoms with Crippen LogP contribution in [-0.4, -0.2) is 16.3 Å². The van der Waals surface area contributed by atoms with Crippen molar-refractivity contribution < 1.29 is 4.74 Å². The van der Waals surface area contributed by atoms with Crippen molar-refractivity contribution in [2.24, 2.45) is 5.92 Å². The molecule has 0 aliphatic carbocycles. The third kappa shape index (κ3) is 7.30. The molecule has 0 radical (unpaired) electrons. The first kappa shape index (κ1) is 21.4.